The molecule has 0 saturated heterocycles. The summed E-state index contributed by atoms with van der Waals surface area (Å²) in [6.07, 6.45) is 0. The van der Waals surface area contributed by atoms with Crippen molar-refractivity contribution in [3.8, 4) is 0 Å². The molecule has 0 amide bonds. The van der Waals surface area contributed by atoms with Gasteiger partial charge in [-0.3, -0.25) is 0 Å². The average molecular weight is 179 g/mol. The first-order chi connectivity index (χ1) is 6.16. The lowest BCUT2D eigenvalue weighted by atomic mass is 10.1. The predicted molar refractivity (Wildman–Crippen MR) is 55.9 cm³/mol. The van der Waals surface area contributed by atoms with E-state index in [4.69, 9.17) is 5.11 Å². The molecular weight excluding hydrogens is 162 g/mol. The van der Waals surface area contributed by atoms with Crippen LogP contribution in [0, 0.1) is 0 Å². The molecule has 1 N–H and O–H groups in total. The number of nitrogens with zero attached hydrogens (tertiary/aromatic N) is 1. The summed E-state index contributed by atoms with van der Waals surface area (Å²) in [6.45, 7) is 4.37. The highest BCUT2D eigenvalue weighted by molar-refractivity contribution is 5.53. The van der Waals surface area contributed by atoms with Gasteiger partial charge in [0.25, 0.3) is 0 Å². The topological polar surface area (TPSA) is 23.5 Å². The van der Waals surface area contributed by atoms with E-state index in [0.717, 1.165) is 11.3 Å². The van der Waals surface area contributed by atoms with Crippen molar-refractivity contribution in [1.29, 1.82) is 0 Å². The minimum absolute atomic E-state index is 0.104. The third-order valence-electron chi connectivity index (χ3n) is 2.32. The molecule has 13 heavy (non-hydrogen) atoms. The molecule has 1 aromatic carbocycles. The maximum atomic E-state index is 9.12. The van der Waals surface area contributed by atoms with E-state index in [1.54, 1.807) is 0 Å². The van der Waals surface area contributed by atoms with Crippen molar-refractivity contribution in [2.75, 3.05) is 11.9 Å². The van der Waals surface area contributed by atoms with E-state index >= 15 is 0 Å². The van der Waals surface area contributed by atoms with Crippen molar-refractivity contribution in [2.24, 2.45) is 0 Å². The lowest BCUT2D eigenvalue weighted by Gasteiger charge is -2.25. The summed E-state index contributed by atoms with van der Waals surface area (Å²) < 4.78 is 0. The van der Waals surface area contributed by atoms with Gasteiger partial charge in [0.05, 0.1) is 6.61 Å². The zero-order valence-electron chi connectivity index (χ0n) is 8.49. The number of para-hydroxylation sites is 1. The second-order valence-electron chi connectivity index (χ2n) is 3.49. The summed E-state index contributed by atoms with van der Waals surface area (Å²) in [4.78, 5) is 2.16. The fourth-order valence-corrected chi connectivity index (χ4v) is 1.27. The first-order valence-corrected chi connectivity index (χ1v) is 4.58. The van der Waals surface area contributed by atoms with Crippen LogP contribution in [-0.4, -0.2) is 18.2 Å². The Kier molecular flexibility index (Phi) is 3.32. The monoisotopic (exact) mass is 179 g/mol. The van der Waals surface area contributed by atoms with Gasteiger partial charge in [0.15, 0.2) is 0 Å². The van der Waals surface area contributed by atoms with Crippen LogP contribution in [0.2, 0.25) is 0 Å². The molecule has 0 aromatic heterocycles. The lowest BCUT2D eigenvalue weighted by molar-refractivity contribution is 0.282. The summed E-state index contributed by atoms with van der Waals surface area (Å²) in [6, 6.07) is 8.38. The summed E-state index contributed by atoms with van der Waals surface area (Å²) >= 11 is 0. The number of aliphatic hydroxyl groups excluding tert-OH is 1. The fraction of sp³-hybridized carbons (Fsp3) is 0.455. The van der Waals surface area contributed by atoms with E-state index in [0.29, 0.717) is 6.04 Å². The molecule has 1 aromatic rings. The van der Waals surface area contributed by atoms with Gasteiger partial charge in [0, 0.05) is 24.3 Å². The Bertz CT molecular complexity index is 271. The molecule has 0 bridgehead atoms. The molecule has 2 nitrogen and oxygen atoms in total. The van der Waals surface area contributed by atoms with Crippen LogP contribution < -0.4 is 4.90 Å². The Labute approximate surface area is 79.8 Å². The number of benzene rings is 1. The third-order valence-corrected chi connectivity index (χ3v) is 2.32. The molecule has 0 fully saturated rings. The van der Waals surface area contributed by atoms with Crippen molar-refractivity contribution in [3.63, 3.8) is 0 Å². The Balaban J connectivity index is 2.98. The molecule has 0 unspecified atom stereocenters. The average Bonchev–Trinajstić information content (AvgIpc) is 2.16. The van der Waals surface area contributed by atoms with Gasteiger partial charge in [-0.2, -0.15) is 0 Å². The van der Waals surface area contributed by atoms with Gasteiger partial charge in [-0.25, -0.2) is 0 Å². The van der Waals surface area contributed by atoms with Crippen LogP contribution in [0.15, 0.2) is 24.3 Å². The van der Waals surface area contributed by atoms with E-state index in [2.05, 4.69) is 18.7 Å². The molecule has 0 heterocycles. The second kappa shape index (κ2) is 4.28. The van der Waals surface area contributed by atoms with Gasteiger partial charge in [0.1, 0.15) is 0 Å². The van der Waals surface area contributed by atoms with Crippen molar-refractivity contribution in [1.82, 2.24) is 0 Å². The molecule has 0 aliphatic heterocycles. The minimum Gasteiger partial charge on any atom is -0.392 e. The first kappa shape index (κ1) is 10.1. The van der Waals surface area contributed by atoms with Crippen LogP contribution in [0.1, 0.15) is 19.4 Å². The highest BCUT2D eigenvalue weighted by atomic mass is 16.3. The van der Waals surface area contributed by atoms with Crippen LogP contribution in [0.25, 0.3) is 0 Å². The van der Waals surface area contributed by atoms with E-state index in [-0.39, 0.29) is 6.61 Å². The molecule has 72 valence electrons. The molecule has 0 radical (unpaired) electrons. The zero-order chi connectivity index (χ0) is 9.84. The second-order valence-corrected chi connectivity index (χ2v) is 3.49. The largest absolute Gasteiger partial charge is 0.392 e. The first-order valence-electron chi connectivity index (χ1n) is 4.58. The Morgan fingerprint density at radius 3 is 2.46 bits per heavy atom. The van der Waals surface area contributed by atoms with Crippen LogP contribution >= 0.6 is 0 Å². The van der Waals surface area contributed by atoms with Gasteiger partial charge in [-0.05, 0) is 19.9 Å². The maximum absolute atomic E-state index is 9.12. The van der Waals surface area contributed by atoms with Crippen LogP contribution in [0.5, 0.6) is 0 Å². The lowest BCUT2D eigenvalue weighted by Crippen LogP contribution is -2.26. The maximum Gasteiger partial charge on any atom is 0.0702 e. The van der Waals surface area contributed by atoms with Crippen molar-refractivity contribution in [2.45, 2.75) is 26.5 Å². The quantitative estimate of drug-likeness (QED) is 0.767. The number of hydrogen-bond donors (Lipinski definition) is 1. The molecule has 2 heteroatoms. The van der Waals surface area contributed by atoms with Gasteiger partial charge < -0.3 is 10.0 Å². The standard InChI is InChI=1S/C11H17NO/c1-9(2)12(3)11-7-5-4-6-10(11)8-13/h4-7,9,13H,8H2,1-3H3. The van der Waals surface area contributed by atoms with Gasteiger partial charge in [0.2, 0.25) is 0 Å². The number of rotatable bonds is 3. The SMILES string of the molecule is CC(C)N(C)c1ccccc1CO. The fourth-order valence-electron chi connectivity index (χ4n) is 1.27. The van der Waals surface area contributed by atoms with Gasteiger partial charge >= 0.3 is 0 Å². The van der Waals surface area contributed by atoms with Crippen molar-refractivity contribution < 1.29 is 5.11 Å². The summed E-state index contributed by atoms with van der Waals surface area (Å²) in [7, 11) is 2.04. The van der Waals surface area contributed by atoms with Gasteiger partial charge in [-0.15, -0.1) is 0 Å². The zero-order valence-corrected chi connectivity index (χ0v) is 8.49. The molecule has 0 atom stereocenters. The summed E-state index contributed by atoms with van der Waals surface area (Å²) in [5.74, 6) is 0. The third kappa shape index (κ3) is 2.22. The Morgan fingerprint density at radius 2 is 1.92 bits per heavy atom. The molecule has 0 aliphatic carbocycles. The molecular formula is C11H17NO. The van der Waals surface area contributed by atoms with Crippen molar-refractivity contribution in [3.05, 3.63) is 29.8 Å². The molecule has 0 saturated carbocycles. The minimum atomic E-state index is 0.104. The molecule has 0 aliphatic rings. The number of hydrogen-bond acceptors (Lipinski definition) is 2. The van der Waals surface area contributed by atoms with Crippen LogP contribution in [-0.2, 0) is 6.61 Å². The summed E-state index contributed by atoms with van der Waals surface area (Å²) in [5.41, 5.74) is 2.10. The smallest absolute Gasteiger partial charge is 0.0702 e. The predicted octanol–water partition coefficient (Wildman–Crippen LogP) is 2.02. The normalized spacial score (nSPS) is 10.5. The van der Waals surface area contributed by atoms with Gasteiger partial charge in [-0.1, -0.05) is 18.2 Å². The van der Waals surface area contributed by atoms with E-state index in [9.17, 15) is 0 Å². The molecule has 0 spiro atoms. The Hall–Kier alpha value is -1.02. The van der Waals surface area contributed by atoms with Crippen LogP contribution in [0.3, 0.4) is 0 Å². The Morgan fingerprint density at radius 1 is 1.31 bits per heavy atom. The highest BCUT2D eigenvalue weighted by Crippen LogP contribution is 2.20. The van der Waals surface area contributed by atoms with E-state index < -0.39 is 0 Å². The van der Waals surface area contributed by atoms with E-state index in [1.807, 2.05) is 31.3 Å². The van der Waals surface area contributed by atoms with E-state index in [1.165, 1.54) is 0 Å². The highest BCUT2D eigenvalue weighted by Gasteiger charge is 2.07. The summed E-state index contributed by atoms with van der Waals surface area (Å²) in [5, 5.41) is 9.12. The van der Waals surface area contributed by atoms with Crippen LogP contribution in [0.4, 0.5) is 5.69 Å². The van der Waals surface area contributed by atoms with Crippen molar-refractivity contribution >= 4 is 5.69 Å². The number of anilines is 1. The number of aliphatic hydroxyl groups is 1. The molecule has 1 rings (SSSR count).